The number of nitrogens with zero attached hydrogens (tertiary/aromatic N) is 1. The Morgan fingerprint density at radius 2 is 1.65 bits per heavy atom. The Hall–Kier alpha value is -3.14. The average molecular weight is 655 g/mol. The normalized spacial score (nSPS) is 17.6. The van der Waals surface area contributed by atoms with Gasteiger partial charge in [-0.15, -0.1) is 0 Å². The van der Waals surface area contributed by atoms with Crippen LogP contribution in [0.25, 0.3) is 0 Å². The largest absolute Gasteiger partial charge is 0.493 e. The number of allylic oxidation sites excluding steroid dienone is 4. The van der Waals surface area contributed by atoms with Gasteiger partial charge in [0.15, 0.2) is 29.7 Å². The maximum atomic E-state index is 13.4. The molecule has 3 aliphatic rings. The molecule has 2 aliphatic carbocycles. The molecule has 2 aromatic carbocycles. The number of anilines is 1. The lowest BCUT2D eigenvalue weighted by Crippen LogP contribution is -2.39. The van der Waals surface area contributed by atoms with Crippen molar-refractivity contribution in [2.45, 2.75) is 65.2 Å². The van der Waals surface area contributed by atoms with Gasteiger partial charge in [-0.2, -0.15) is 0 Å². The molecule has 1 N–H and O–H groups in total. The van der Waals surface area contributed by atoms with Gasteiger partial charge in [-0.05, 0) is 98.4 Å². The molecule has 7 nitrogen and oxygen atoms in total. The number of Topliss-reactive ketones (excluding diaryl/α,β-unsaturated/α-hetero) is 2. The minimum Gasteiger partial charge on any atom is -0.493 e. The van der Waals surface area contributed by atoms with Crippen molar-refractivity contribution in [2.75, 3.05) is 25.6 Å². The number of carbonyl (C=O) groups is 3. The minimum absolute atomic E-state index is 0.118. The van der Waals surface area contributed by atoms with E-state index in [-0.39, 0.29) is 24.1 Å². The van der Waals surface area contributed by atoms with E-state index in [2.05, 4.69) is 39.7 Å². The molecule has 210 valence electrons. The van der Waals surface area contributed by atoms with Gasteiger partial charge >= 0.3 is 0 Å². The SMILES string of the molecule is CCN1C2=C(C(=O)CCC2)C(c2cc(I)c(OCC(=O)Nc3ccc(C)cc3C)c(OC)c2)C2=C1CCCC2=O. The summed E-state index contributed by atoms with van der Waals surface area (Å²) in [4.78, 5) is 41.8. The molecular formula is C32H35IN2O5. The van der Waals surface area contributed by atoms with Gasteiger partial charge in [0, 0.05) is 53.5 Å². The second-order valence-corrected chi connectivity index (χ2v) is 11.8. The highest BCUT2D eigenvalue weighted by Gasteiger charge is 2.43. The third kappa shape index (κ3) is 5.30. The molecule has 0 spiro atoms. The lowest BCUT2D eigenvalue weighted by Gasteiger charge is -2.43. The first kappa shape index (κ1) is 28.4. The smallest absolute Gasteiger partial charge is 0.262 e. The molecule has 1 aliphatic heterocycles. The van der Waals surface area contributed by atoms with Crippen LogP contribution in [0.3, 0.4) is 0 Å². The molecule has 0 atom stereocenters. The molecule has 0 saturated heterocycles. The summed E-state index contributed by atoms with van der Waals surface area (Å²) in [5.41, 5.74) is 7.33. The summed E-state index contributed by atoms with van der Waals surface area (Å²) >= 11 is 2.18. The fourth-order valence-corrected chi connectivity index (χ4v) is 7.04. The number of benzene rings is 2. The van der Waals surface area contributed by atoms with Crippen LogP contribution in [0.2, 0.25) is 0 Å². The van der Waals surface area contributed by atoms with Crippen LogP contribution in [0.4, 0.5) is 5.69 Å². The number of hydrogen-bond acceptors (Lipinski definition) is 6. The lowest BCUT2D eigenvalue weighted by atomic mass is 9.71. The van der Waals surface area contributed by atoms with Crippen molar-refractivity contribution in [1.29, 1.82) is 0 Å². The molecule has 1 amide bonds. The van der Waals surface area contributed by atoms with E-state index >= 15 is 0 Å². The number of carbonyl (C=O) groups excluding carboxylic acids is 3. The maximum Gasteiger partial charge on any atom is 0.262 e. The second kappa shape index (κ2) is 11.8. The van der Waals surface area contributed by atoms with Crippen LogP contribution in [0.15, 0.2) is 52.9 Å². The Morgan fingerprint density at radius 1 is 1.00 bits per heavy atom. The average Bonchev–Trinajstić information content (AvgIpc) is 2.92. The first-order chi connectivity index (χ1) is 19.2. The van der Waals surface area contributed by atoms with Crippen LogP contribution in [0.1, 0.15) is 68.1 Å². The number of aryl methyl sites for hydroxylation is 2. The summed E-state index contributed by atoms with van der Waals surface area (Å²) in [7, 11) is 1.56. The molecular weight excluding hydrogens is 619 g/mol. The summed E-state index contributed by atoms with van der Waals surface area (Å²) in [6.07, 6.45) is 4.32. The van der Waals surface area contributed by atoms with Crippen LogP contribution in [0.5, 0.6) is 11.5 Å². The van der Waals surface area contributed by atoms with Crippen LogP contribution >= 0.6 is 22.6 Å². The van der Waals surface area contributed by atoms with Gasteiger partial charge in [0.1, 0.15) is 0 Å². The van der Waals surface area contributed by atoms with E-state index in [1.807, 2.05) is 44.2 Å². The van der Waals surface area contributed by atoms with Crippen LogP contribution < -0.4 is 14.8 Å². The van der Waals surface area contributed by atoms with Crippen molar-refractivity contribution in [3.8, 4) is 11.5 Å². The number of amides is 1. The van der Waals surface area contributed by atoms with Crippen LogP contribution in [-0.4, -0.2) is 42.6 Å². The monoisotopic (exact) mass is 654 g/mol. The van der Waals surface area contributed by atoms with Crippen molar-refractivity contribution in [2.24, 2.45) is 0 Å². The van der Waals surface area contributed by atoms with Gasteiger partial charge in [-0.25, -0.2) is 0 Å². The molecule has 5 rings (SSSR count). The van der Waals surface area contributed by atoms with Gasteiger partial charge in [0.25, 0.3) is 5.91 Å². The number of hydrogen-bond donors (Lipinski definition) is 1. The van der Waals surface area contributed by atoms with Crippen molar-refractivity contribution in [3.05, 3.63) is 73.1 Å². The third-order valence-electron chi connectivity index (χ3n) is 7.99. The van der Waals surface area contributed by atoms with Crippen molar-refractivity contribution in [3.63, 3.8) is 0 Å². The highest BCUT2D eigenvalue weighted by molar-refractivity contribution is 14.1. The first-order valence-electron chi connectivity index (χ1n) is 13.9. The van der Waals surface area contributed by atoms with E-state index in [9.17, 15) is 14.4 Å². The molecule has 0 saturated carbocycles. The lowest BCUT2D eigenvalue weighted by molar-refractivity contribution is -0.118. The number of halogens is 1. The summed E-state index contributed by atoms with van der Waals surface area (Å²) in [6.45, 7) is 6.60. The molecule has 0 fully saturated rings. The van der Waals surface area contributed by atoms with Crippen molar-refractivity contribution < 1.29 is 23.9 Å². The molecule has 0 unspecified atom stereocenters. The number of ketones is 2. The zero-order valence-corrected chi connectivity index (χ0v) is 25.6. The van der Waals surface area contributed by atoms with E-state index in [1.165, 1.54) is 0 Å². The molecule has 2 aromatic rings. The topological polar surface area (TPSA) is 84.9 Å². The quantitative estimate of drug-likeness (QED) is 0.350. The van der Waals surface area contributed by atoms with E-state index in [1.54, 1.807) is 7.11 Å². The third-order valence-corrected chi connectivity index (χ3v) is 8.79. The van der Waals surface area contributed by atoms with Crippen molar-refractivity contribution >= 4 is 45.8 Å². The zero-order chi connectivity index (χ0) is 28.6. The minimum atomic E-state index is -0.419. The fourth-order valence-electron chi connectivity index (χ4n) is 6.26. The first-order valence-corrected chi connectivity index (χ1v) is 15.0. The van der Waals surface area contributed by atoms with E-state index in [0.717, 1.165) is 80.7 Å². The standard InChI is InChI=1S/C32H35IN2O5/c1-5-35-23-8-6-10-25(36)30(23)29(31-24(35)9-7-11-26(31)37)20-15-21(33)32(27(16-20)39-4)40-17-28(38)34-22-13-12-18(2)14-19(22)3/h12-16,29H,5-11,17H2,1-4H3,(H,34,38). The highest BCUT2D eigenvalue weighted by Crippen LogP contribution is 2.50. The van der Waals surface area contributed by atoms with Crippen molar-refractivity contribution in [1.82, 2.24) is 4.90 Å². The van der Waals surface area contributed by atoms with E-state index < -0.39 is 5.92 Å². The molecule has 0 aromatic heterocycles. The zero-order valence-electron chi connectivity index (χ0n) is 23.5. The number of ether oxygens (including phenoxy) is 2. The number of nitrogens with one attached hydrogen (secondary N) is 1. The summed E-state index contributed by atoms with van der Waals surface area (Å²) < 4.78 is 12.5. The second-order valence-electron chi connectivity index (χ2n) is 10.6. The van der Waals surface area contributed by atoms with Crippen LogP contribution in [0, 0.1) is 17.4 Å². The van der Waals surface area contributed by atoms with Gasteiger partial charge in [0.2, 0.25) is 0 Å². The molecule has 40 heavy (non-hydrogen) atoms. The van der Waals surface area contributed by atoms with Crippen LogP contribution in [-0.2, 0) is 14.4 Å². The number of rotatable bonds is 7. The Labute approximate surface area is 249 Å². The summed E-state index contributed by atoms with van der Waals surface area (Å²) in [5, 5.41) is 2.91. The Bertz CT molecular complexity index is 1410. The summed E-state index contributed by atoms with van der Waals surface area (Å²) in [5.74, 6) is 0.472. The van der Waals surface area contributed by atoms with Gasteiger partial charge in [-0.1, -0.05) is 17.7 Å². The Kier molecular flexibility index (Phi) is 8.35. The van der Waals surface area contributed by atoms with Gasteiger partial charge in [-0.3, -0.25) is 14.4 Å². The van der Waals surface area contributed by atoms with E-state index in [4.69, 9.17) is 9.47 Å². The molecule has 0 bridgehead atoms. The highest BCUT2D eigenvalue weighted by atomic mass is 127. The molecule has 8 heteroatoms. The fraction of sp³-hybridized carbons (Fsp3) is 0.406. The van der Waals surface area contributed by atoms with E-state index in [0.29, 0.717) is 24.3 Å². The Balaban J connectivity index is 1.48. The predicted molar refractivity (Wildman–Crippen MR) is 163 cm³/mol. The predicted octanol–water partition coefficient (Wildman–Crippen LogP) is 6.37. The molecule has 0 radical (unpaired) electrons. The Morgan fingerprint density at radius 3 is 2.23 bits per heavy atom. The van der Waals surface area contributed by atoms with Gasteiger partial charge in [0.05, 0.1) is 10.7 Å². The summed E-state index contributed by atoms with van der Waals surface area (Å²) in [6, 6.07) is 9.68. The van der Waals surface area contributed by atoms with Gasteiger partial charge < -0.3 is 19.7 Å². The molecule has 1 heterocycles. The maximum absolute atomic E-state index is 13.4. The number of methoxy groups -OCH3 is 1.